The van der Waals surface area contributed by atoms with E-state index >= 15 is 0 Å². The lowest BCUT2D eigenvalue weighted by Crippen LogP contribution is -2.60. The van der Waals surface area contributed by atoms with E-state index in [1.807, 2.05) is 83.7 Å². The number of aromatic amines is 2. The smallest absolute Gasteiger partial charge is 0.184 e. The summed E-state index contributed by atoms with van der Waals surface area (Å²) in [5.74, 6) is 0. The Labute approximate surface area is 339 Å². The van der Waals surface area contributed by atoms with Gasteiger partial charge >= 0.3 is 0 Å². The van der Waals surface area contributed by atoms with Crippen LogP contribution in [0.3, 0.4) is 0 Å². The predicted molar refractivity (Wildman–Crippen MR) is 230 cm³/mol. The van der Waals surface area contributed by atoms with Gasteiger partial charge in [0.1, 0.15) is 24.4 Å². The second-order valence-corrected chi connectivity index (χ2v) is 14.9. The van der Waals surface area contributed by atoms with Crippen molar-refractivity contribution in [2.75, 3.05) is 0 Å². The second kappa shape index (κ2) is 15.2. The minimum absolute atomic E-state index is 0.133. The van der Waals surface area contributed by atoms with Crippen LogP contribution in [-0.4, -0.2) is 71.1 Å². The summed E-state index contributed by atoms with van der Waals surface area (Å²) in [7, 11) is 0. The number of benzene rings is 3. The average Bonchev–Trinajstić information content (AvgIpc) is 4.12. The van der Waals surface area contributed by atoms with E-state index in [-0.39, 0.29) is 6.54 Å². The van der Waals surface area contributed by atoms with Gasteiger partial charge in [-0.15, -0.1) is 0 Å². The summed E-state index contributed by atoms with van der Waals surface area (Å²) in [6.07, 6.45) is 4.97. The number of aromatic nitrogens is 5. The number of hydrogen-bond acceptors (Lipinski definition) is 7. The molecule has 7 aromatic rings. The molecule has 0 aliphatic carbocycles. The Kier molecular flexibility index (Phi) is 9.40. The number of ether oxygens (including phenoxy) is 1. The zero-order valence-electron chi connectivity index (χ0n) is 31.7. The van der Waals surface area contributed by atoms with Crippen molar-refractivity contribution < 1.29 is 29.7 Å². The molecule has 290 valence electrons. The molecule has 10 rings (SSSR count). The van der Waals surface area contributed by atoms with Crippen molar-refractivity contribution in [3.63, 3.8) is 0 Å². The van der Waals surface area contributed by atoms with E-state index in [2.05, 4.69) is 94.9 Å². The van der Waals surface area contributed by atoms with Crippen molar-refractivity contribution in [3.8, 4) is 44.5 Å². The third-order valence-electron chi connectivity index (χ3n) is 11.2. The van der Waals surface area contributed by atoms with Gasteiger partial charge in [-0.05, 0) is 70.8 Å². The Hall–Kier alpha value is -6.79. The van der Waals surface area contributed by atoms with Crippen LogP contribution >= 0.6 is 0 Å². The first-order valence-electron chi connectivity index (χ1n) is 19.6. The molecule has 0 amide bonds. The van der Waals surface area contributed by atoms with Crippen molar-refractivity contribution in [2.24, 2.45) is 0 Å². The molecule has 7 heterocycles. The monoisotopic (exact) mass is 778 g/mol. The molecule has 1 fully saturated rings. The van der Waals surface area contributed by atoms with E-state index in [0.717, 1.165) is 89.4 Å². The number of nitrogens with zero attached hydrogens (tertiary/aromatic N) is 3. The van der Waals surface area contributed by atoms with Crippen molar-refractivity contribution in [2.45, 2.75) is 37.3 Å². The number of pyridine rings is 1. The van der Waals surface area contributed by atoms with Gasteiger partial charge in [-0.1, -0.05) is 91.0 Å². The number of aliphatic hydroxyl groups excluding tert-OH is 4. The summed E-state index contributed by atoms with van der Waals surface area (Å²) in [5, 5.41) is 41.0. The molecule has 3 aliphatic heterocycles. The maximum absolute atomic E-state index is 10.6. The maximum atomic E-state index is 10.6. The quantitative estimate of drug-likeness (QED) is 0.0963. The molecule has 10 nitrogen and oxygen atoms in total. The lowest BCUT2D eigenvalue weighted by Gasteiger charge is -2.36. The molecule has 6 N–H and O–H groups in total. The van der Waals surface area contributed by atoms with Crippen molar-refractivity contribution >= 4 is 46.4 Å². The molecular weight excluding hydrogens is 739 g/mol. The van der Waals surface area contributed by atoms with E-state index < -0.39 is 30.7 Å². The van der Waals surface area contributed by atoms with Crippen molar-refractivity contribution in [1.29, 1.82) is 0 Å². The van der Waals surface area contributed by atoms with E-state index in [9.17, 15) is 20.4 Å². The fourth-order valence-corrected chi connectivity index (χ4v) is 8.27. The van der Waals surface area contributed by atoms with Gasteiger partial charge in [0.25, 0.3) is 0 Å². The van der Waals surface area contributed by atoms with Gasteiger partial charge in [0.15, 0.2) is 25.2 Å². The van der Waals surface area contributed by atoms with E-state index in [1.54, 1.807) is 0 Å². The Morgan fingerprint density at radius 1 is 0.441 bits per heavy atom. The van der Waals surface area contributed by atoms with Gasteiger partial charge in [-0.25, -0.2) is 14.5 Å². The standard InChI is InChI=1S/C49H39N5O5/c55-46-41(59-49(58)48(57)47(46)56)28-54-26-24-32(25-27-54)45-39-22-20-37(52-39)43(30-12-6-2-7-13-30)35-18-16-33(50-35)42(29-10-4-1-5-11-29)34-17-19-36(51-34)44(31-14-8-3-9-15-31)38-21-23-40(45)53-38/h1-27,41,46-49,55-58H,28H2,(H,50,51,52,53)/p+1/t41-,46+,47+,48-,49?/m1/s1. The summed E-state index contributed by atoms with van der Waals surface area (Å²) in [4.78, 5) is 18.2. The number of H-pyrrole nitrogens is 2. The molecule has 0 saturated carbocycles. The molecule has 0 spiro atoms. The summed E-state index contributed by atoms with van der Waals surface area (Å²) in [6, 6.07) is 43.2. The number of hydrogen-bond donors (Lipinski definition) is 6. The maximum Gasteiger partial charge on any atom is 0.184 e. The zero-order chi connectivity index (χ0) is 40.0. The molecule has 59 heavy (non-hydrogen) atoms. The third-order valence-corrected chi connectivity index (χ3v) is 11.2. The Bertz CT molecular complexity index is 2770. The van der Waals surface area contributed by atoms with E-state index in [0.29, 0.717) is 0 Å². The first-order valence-corrected chi connectivity index (χ1v) is 19.6. The van der Waals surface area contributed by atoms with Crippen LogP contribution in [0.1, 0.15) is 22.8 Å². The number of rotatable bonds is 6. The van der Waals surface area contributed by atoms with Crippen LogP contribution in [0.25, 0.3) is 90.9 Å². The average molecular weight is 779 g/mol. The zero-order valence-corrected chi connectivity index (χ0v) is 31.7. The molecular formula is C49H40N5O5+. The molecule has 10 heteroatoms. The topological polar surface area (TPSA) is 151 Å². The van der Waals surface area contributed by atoms with Crippen molar-refractivity contribution in [1.82, 2.24) is 19.9 Å². The molecule has 3 aromatic carbocycles. The van der Waals surface area contributed by atoms with Crippen molar-refractivity contribution in [3.05, 3.63) is 163 Å². The van der Waals surface area contributed by atoms with E-state index in [1.165, 1.54) is 0 Å². The van der Waals surface area contributed by atoms with Crippen LogP contribution in [0.15, 0.2) is 140 Å². The fourth-order valence-electron chi connectivity index (χ4n) is 8.27. The largest absolute Gasteiger partial charge is 0.387 e. The van der Waals surface area contributed by atoms with Crippen LogP contribution in [0, 0.1) is 0 Å². The Morgan fingerprint density at radius 2 is 0.831 bits per heavy atom. The highest BCUT2D eigenvalue weighted by Crippen LogP contribution is 2.38. The molecule has 1 saturated heterocycles. The molecule has 0 radical (unpaired) electrons. The lowest BCUT2D eigenvalue weighted by atomic mass is 9.99. The first-order chi connectivity index (χ1) is 28.9. The highest BCUT2D eigenvalue weighted by molar-refractivity contribution is 6.00. The molecule has 1 unspecified atom stereocenters. The summed E-state index contributed by atoms with van der Waals surface area (Å²) >= 11 is 0. The molecule has 4 aromatic heterocycles. The predicted octanol–water partition coefficient (Wildman–Crippen LogP) is 7.41. The van der Waals surface area contributed by atoms with Gasteiger partial charge in [0.2, 0.25) is 0 Å². The van der Waals surface area contributed by atoms with Crippen LogP contribution in [0.2, 0.25) is 0 Å². The van der Waals surface area contributed by atoms with Gasteiger partial charge < -0.3 is 35.1 Å². The molecule has 8 bridgehead atoms. The highest BCUT2D eigenvalue weighted by Gasteiger charge is 2.44. The van der Waals surface area contributed by atoms with Gasteiger partial charge in [0, 0.05) is 56.5 Å². The fraction of sp³-hybridized carbons (Fsp3) is 0.122. The van der Waals surface area contributed by atoms with Gasteiger partial charge in [-0.3, -0.25) is 0 Å². The molecule has 3 aliphatic rings. The number of fused-ring (bicyclic) bond motifs is 8. The highest BCUT2D eigenvalue weighted by atomic mass is 16.6. The van der Waals surface area contributed by atoms with Crippen LogP contribution in [-0.2, 0) is 11.3 Å². The number of aliphatic hydroxyl groups is 4. The Balaban J connectivity index is 1.24. The molecule has 5 atom stereocenters. The van der Waals surface area contributed by atoms with Crippen LogP contribution < -0.4 is 4.57 Å². The minimum Gasteiger partial charge on any atom is -0.387 e. The minimum atomic E-state index is -1.61. The summed E-state index contributed by atoms with van der Waals surface area (Å²) < 4.78 is 7.28. The van der Waals surface area contributed by atoms with Crippen LogP contribution in [0.4, 0.5) is 0 Å². The Morgan fingerprint density at radius 3 is 1.29 bits per heavy atom. The number of nitrogens with one attached hydrogen (secondary N) is 2. The first kappa shape index (κ1) is 36.5. The SMILES string of the molecule is OC1O[C@H](C[n+]2ccc(-c3c4ccc([nH]4)c(-c4ccccc4)c4nc(c(-c5ccccc5)c5nc(c(-c6ccccc6)c6ccc3[nH]6)C=C5)C=C4)cc2)[C@H](O)[C@H](O)[C@H]1O. The third kappa shape index (κ3) is 6.78. The summed E-state index contributed by atoms with van der Waals surface area (Å²) in [5.41, 5.74) is 14.5. The normalized spacial score (nSPS) is 19.9. The summed E-state index contributed by atoms with van der Waals surface area (Å²) in [6.45, 7) is 0.133. The van der Waals surface area contributed by atoms with Crippen LogP contribution in [0.5, 0.6) is 0 Å². The van der Waals surface area contributed by atoms with Gasteiger partial charge in [-0.2, -0.15) is 0 Å². The second-order valence-electron chi connectivity index (χ2n) is 14.9. The van der Waals surface area contributed by atoms with Gasteiger partial charge in [0.05, 0.1) is 22.8 Å². The lowest BCUT2D eigenvalue weighted by molar-refractivity contribution is -0.707. The van der Waals surface area contributed by atoms with E-state index in [4.69, 9.17) is 14.7 Å².